The molecule has 1 rings (SSSR count). The number of esters is 2. The average Bonchev–Trinajstić information content (AvgIpc) is 2.51. The summed E-state index contributed by atoms with van der Waals surface area (Å²) in [4.78, 5) is 22.7. The lowest BCUT2D eigenvalue weighted by atomic mass is 10.1. The summed E-state index contributed by atoms with van der Waals surface area (Å²) in [6, 6.07) is 0. The van der Waals surface area contributed by atoms with Gasteiger partial charge in [0.25, 0.3) is 0 Å². The maximum Gasteiger partial charge on any atom is 0.309 e. The van der Waals surface area contributed by atoms with Crippen molar-refractivity contribution in [3.05, 3.63) is 24.0 Å². The molecule has 1 aliphatic heterocycles. The van der Waals surface area contributed by atoms with Crippen molar-refractivity contribution < 1.29 is 19.1 Å². The Kier molecular flexibility index (Phi) is 10.9. The van der Waals surface area contributed by atoms with Gasteiger partial charge in [0.15, 0.2) is 0 Å². The predicted octanol–water partition coefficient (Wildman–Crippen LogP) is 4.84. The predicted molar refractivity (Wildman–Crippen MR) is 90.7 cm³/mol. The first-order valence-electron chi connectivity index (χ1n) is 8.88. The summed E-state index contributed by atoms with van der Waals surface area (Å²) >= 11 is 0. The van der Waals surface area contributed by atoms with Crippen molar-refractivity contribution in [3.63, 3.8) is 0 Å². The number of carbonyl (C=O) groups is 2. The third-order valence-corrected chi connectivity index (χ3v) is 3.81. The van der Waals surface area contributed by atoms with Gasteiger partial charge in [-0.25, -0.2) is 0 Å². The molecule has 0 fully saturated rings. The minimum atomic E-state index is -0.300. The first-order chi connectivity index (χ1) is 11.2. The second kappa shape index (κ2) is 12.9. The van der Waals surface area contributed by atoms with Gasteiger partial charge in [-0.3, -0.25) is 9.59 Å². The van der Waals surface area contributed by atoms with E-state index in [1.54, 1.807) is 18.2 Å². The summed E-state index contributed by atoms with van der Waals surface area (Å²) in [6.07, 6.45) is 16.8. The molecule has 0 aromatic rings. The van der Waals surface area contributed by atoms with Gasteiger partial charge in [0.05, 0.1) is 13.0 Å². The van der Waals surface area contributed by atoms with Gasteiger partial charge in [0.1, 0.15) is 5.76 Å². The van der Waals surface area contributed by atoms with Gasteiger partial charge >= 0.3 is 11.9 Å². The summed E-state index contributed by atoms with van der Waals surface area (Å²) in [5, 5.41) is 0. The zero-order chi connectivity index (χ0) is 16.8. The maximum atomic E-state index is 11.6. The third-order valence-electron chi connectivity index (χ3n) is 3.81. The highest BCUT2D eigenvalue weighted by Crippen LogP contribution is 2.15. The maximum absolute atomic E-state index is 11.6. The summed E-state index contributed by atoms with van der Waals surface area (Å²) in [5.74, 6) is 0.166. The van der Waals surface area contributed by atoms with Crippen LogP contribution < -0.4 is 0 Å². The van der Waals surface area contributed by atoms with E-state index in [0.717, 1.165) is 32.1 Å². The quantitative estimate of drug-likeness (QED) is 0.648. The van der Waals surface area contributed by atoms with Crippen LogP contribution in [0.3, 0.4) is 0 Å². The molecule has 0 saturated heterocycles. The van der Waals surface area contributed by atoms with Crippen molar-refractivity contribution in [2.24, 2.45) is 0 Å². The Labute approximate surface area is 139 Å². The van der Waals surface area contributed by atoms with Crippen LogP contribution in [-0.4, -0.2) is 18.5 Å². The number of hydrogen-bond donors (Lipinski definition) is 0. The number of allylic oxidation sites excluding steroid dienone is 3. The fraction of sp³-hybridized carbons (Fsp3) is 0.684. The van der Waals surface area contributed by atoms with Crippen LogP contribution in [0, 0.1) is 0 Å². The second-order valence-electron chi connectivity index (χ2n) is 6.01. The molecule has 4 nitrogen and oxygen atoms in total. The van der Waals surface area contributed by atoms with Crippen LogP contribution >= 0.6 is 0 Å². The van der Waals surface area contributed by atoms with E-state index in [2.05, 4.69) is 0 Å². The third kappa shape index (κ3) is 11.6. The Balaban J connectivity index is 2.51. The van der Waals surface area contributed by atoms with E-state index in [1.807, 2.05) is 0 Å². The van der Waals surface area contributed by atoms with Gasteiger partial charge in [-0.15, -0.1) is 0 Å². The monoisotopic (exact) mass is 322 g/mol. The normalized spacial score (nSPS) is 23.5. The molecule has 0 aromatic carbocycles. The van der Waals surface area contributed by atoms with Gasteiger partial charge in [0.2, 0.25) is 0 Å². The van der Waals surface area contributed by atoms with E-state index >= 15 is 0 Å². The Hall–Kier alpha value is -1.58. The molecule has 0 unspecified atom stereocenters. The van der Waals surface area contributed by atoms with Gasteiger partial charge in [-0.2, -0.15) is 0 Å². The zero-order valence-electron chi connectivity index (χ0n) is 14.4. The zero-order valence-corrected chi connectivity index (χ0v) is 14.4. The van der Waals surface area contributed by atoms with Crippen LogP contribution in [0.1, 0.15) is 77.6 Å². The largest absolute Gasteiger partial charge is 0.465 e. The Bertz CT molecular complexity index is 410. The number of ether oxygens (including phenoxy) is 2. The standard InChI is InChI=1S/C19H30O4/c1-17(20)23-18-13-9-7-5-3-2-4-6-8-12-16-22-19(21)15-11-10-14-18/h10-11,14H,2-9,12-13,15-16H2,1H3/b11-10-,18-14+. The first kappa shape index (κ1) is 19.5. The number of hydrogen-bond acceptors (Lipinski definition) is 4. The van der Waals surface area contributed by atoms with Crippen LogP contribution in [0.4, 0.5) is 0 Å². The van der Waals surface area contributed by atoms with Crippen molar-refractivity contribution in [3.8, 4) is 0 Å². The lowest BCUT2D eigenvalue weighted by molar-refractivity contribution is -0.142. The van der Waals surface area contributed by atoms with Crippen molar-refractivity contribution in [1.29, 1.82) is 0 Å². The van der Waals surface area contributed by atoms with Crippen LogP contribution in [-0.2, 0) is 19.1 Å². The highest BCUT2D eigenvalue weighted by atomic mass is 16.5. The molecule has 1 heterocycles. The lowest BCUT2D eigenvalue weighted by Gasteiger charge is -2.07. The van der Waals surface area contributed by atoms with Crippen LogP contribution in [0.5, 0.6) is 0 Å². The Morgan fingerprint density at radius 3 is 2.26 bits per heavy atom. The molecular weight excluding hydrogens is 292 g/mol. The van der Waals surface area contributed by atoms with E-state index in [1.165, 1.54) is 39.0 Å². The van der Waals surface area contributed by atoms with Crippen molar-refractivity contribution in [2.45, 2.75) is 77.6 Å². The topological polar surface area (TPSA) is 52.6 Å². The molecule has 130 valence electrons. The fourth-order valence-corrected chi connectivity index (χ4v) is 2.58. The van der Waals surface area contributed by atoms with Crippen LogP contribution in [0.2, 0.25) is 0 Å². The number of rotatable bonds is 1. The fourth-order valence-electron chi connectivity index (χ4n) is 2.58. The van der Waals surface area contributed by atoms with E-state index < -0.39 is 0 Å². The van der Waals surface area contributed by atoms with Crippen molar-refractivity contribution in [2.75, 3.05) is 6.61 Å². The van der Waals surface area contributed by atoms with Gasteiger partial charge < -0.3 is 9.47 Å². The van der Waals surface area contributed by atoms with E-state index in [0.29, 0.717) is 12.4 Å². The highest BCUT2D eigenvalue weighted by Gasteiger charge is 2.03. The summed E-state index contributed by atoms with van der Waals surface area (Å²) < 4.78 is 10.4. The molecule has 23 heavy (non-hydrogen) atoms. The molecule has 1 aliphatic rings. The summed E-state index contributed by atoms with van der Waals surface area (Å²) in [7, 11) is 0. The van der Waals surface area contributed by atoms with Gasteiger partial charge in [-0.1, -0.05) is 57.1 Å². The van der Waals surface area contributed by atoms with Crippen LogP contribution in [0.25, 0.3) is 0 Å². The van der Waals surface area contributed by atoms with E-state index in [9.17, 15) is 9.59 Å². The number of cyclic esters (lactones) is 1. The van der Waals surface area contributed by atoms with Gasteiger partial charge in [-0.05, 0) is 18.9 Å². The summed E-state index contributed by atoms with van der Waals surface area (Å²) in [6.45, 7) is 1.93. The van der Waals surface area contributed by atoms with Crippen molar-refractivity contribution in [1.82, 2.24) is 0 Å². The molecule has 4 heteroatoms. The molecule has 0 N–H and O–H groups in total. The molecular formula is C19H30O4. The molecule has 0 radical (unpaired) electrons. The minimum absolute atomic E-state index is 0.204. The Morgan fingerprint density at radius 2 is 1.61 bits per heavy atom. The summed E-state index contributed by atoms with van der Waals surface area (Å²) in [5.41, 5.74) is 0. The Morgan fingerprint density at radius 1 is 1.00 bits per heavy atom. The van der Waals surface area contributed by atoms with E-state index in [-0.39, 0.29) is 18.4 Å². The average molecular weight is 322 g/mol. The minimum Gasteiger partial charge on any atom is -0.465 e. The first-order valence-corrected chi connectivity index (χ1v) is 8.88. The highest BCUT2D eigenvalue weighted by molar-refractivity contribution is 5.71. The van der Waals surface area contributed by atoms with Gasteiger partial charge in [0, 0.05) is 13.3 Å². The second-order valence-corrected chi connectivity index (χ2v) is 6.01. The molecule has 0 aromatic heterocycles. The molecule has 0 saturated carbocycles. The number of carbonyl (C=O) groups excluding carboxylic acids is 2. The lowest BCUT2D eigenvalue weighted by Crippen LogP contribution is -2.04. The smallest absolute Gasteiger partial charge is 0.309 e. The molecule has 0 bridgehead atoms. The molecule has 0 atom stereocenters. The van der Waals surface area contributed by atoms with Crippen molar-refractivity contribution >= 4 is 11.9 Å². The molecule has 0 aliphatic carbocycles. The van der Waals surface area contributed by atoms with E-state index in [4.69, 9.17) is 9.47 Å². The van der Waals surface area contributed by atoms with Crippen LogP contribution in [0.15, 0.2) is 24.0 Å². The SMILES string of the molecule is CC(=O)O/C1=C/C=C\CC(=O)OCCCCCCCCCCC1. The molecule has 0 spiro atoms. The molecule has 0 amide bonds.